The zero-order chi connectivity index (χ0) is 29.2. The van der Waals surface area contributed by atoms with E-state index < -0.39 is 13.9 Å². The Bertz CT molecular complexity index is 1280. The quantitative estimate of drug-likeness (QED) is 0.251. The highest BCUT2D eigenvalue weighted by Crippen LogP contribution is 2.59. The van der Waals surface area contributed by atoms with Crippen molar-refractivity contribution in [2.24, 2.45) is 5.92 Å². The lowest BCUT2D eigenvalue weighted by molar-refractivity contribution is -0.145. The van der Waals surface area contributed by atoms with E-state index in [4.69, 9.17) is 4.74 Å². The van der Waals surface area contributed by atoms with Gasteiger partial charge in [0.05, 0.1) is 17.5 Å². The van der Waals surface area contributed by atoms with Crippen LogP contribution in [0.25, 0.3) is 0 Å². The zero-order valence-electron chi connectivity index (χ0n) is 24.5. The third kappa shape index (κ3) is 6.21. The number of nitrogens with zero attached hydrogens (tertiary/aromatic N) is 4. The first kappa shape index (κ1) is 30.8. The van der Waals surface area contributed by atoms with Gasteiger partial charge in [-0.1, -0.05) is 51.4 Å². The molecule has 0 radical (unpaired) electrons. The Balaban J connectivity index is 1.64. The van der Waals surface area contributed by atoms with Crippen molar-refractivity contribution in [2.45, 2.75) is 90.3 Å². The van der Waals surface area contributed by atoms with E-state index in [2.05, 4.69) is 66.1 Å². The van der Waals surface area contributed by atoms with Crippen LogP contribution >= 0.6 is 15.9 Å². The minimum atomic E-state index is -2.74. The van der Waals surface area contributed by atoms with Gasteiger partial charge in [-0.15, -0.1) is 5.10 Å². The second-order valence-corrected chi connectivity index (χ2v) is 16.9. The number of benzene rings is 1. The molecule has 0 aliphatic carbocycles. The molecular formula is C30H43BrN4O4Si. The largest absolute Gasteiger partial charge is 0.432 e. The smallest absolute Gasteiger partial charge is 0.264 e. The number of aliphatic hydroxyl groups is 1. The van der Waals surface area contributed by atoms with Gasteiger partial charge in [0, 0.05) is 53.8 Å². The number of carbonyl (C=O) groups excluding carboxylic acids is 1. The molecule has 1 fully saturated rings. The van der Waals surface area contributed by atoms with Crippen LogP contribution in [-0.2, 0) is 28.1 Å². The molecule has 1 saturated heterocycles. The second kappa shape index (κ2) is 12.4. The number of halogens is 1. The van der Waals surface area contributed by atoms with Gasteiger partial charge in [0.25, 0.3) is 5.91 Å². The molecule has 1 aromatic carbocycles. The predicted molar refractivity (Wildman–Crippen MR) is 164 cm³/mol. The molecule has 0 bridgehead atoms. The molecule has 2 aliphatic heterocycles. The van der Waals surface area contributed by atoms with Crippen LogP contribution in [0.3, 0.4) is 0 Å². The highest BCUT2D eigenvalue weighted by atomic mass is 79.9. The van der Waals surface area contributed by atoms with Crippen LogP contribution in [0.5, 0.6) is 0 Å². The van der Waals surface area contributed by atoms with Gasteiger partial charge < -0.3 is 19.5 Å². The number of hydrogen-bond donors (Lipinski definition) is 2. The van der Waals surface area contributed by atoms with Crippen molar-refractivity contribution in [3.63, 3.8) is 0 Å². The van der Waals surface area contributed by atoms with E-state index in [0.717, 1.165) is 34.3 Å². The summed E-state index contributed by atoms with van der Waals surface area (Å²) in [5, 5.41) is 17.5. The number of aromatic nitrogens is 3. The average Bonchev–Trinajstić information content (AvgIpc) is 3.51. The predicted octanol–water partition coefficient (Wildman–Crippen LogP) is 5.50. The molecule has 4 atom stereocenters. The van der Waals surface area contributed by atoms with Crippen molar-refractivity contribution in [3.05, 3.63) is 63.4 Å². The third-order valence-corrected chi connectivity index (χ3v) is 11.3. The summed E-state index contributed by atoms with van der Waals surface area (Å²) in [4.78, 5) is 27.7. The molecule has 1 amide bonds. The van der Waals surface area contributed by atoms with E-state index in [-0.39, 0.29) is 30.1 Å². The minimum absolute atomic E-state index is 0.0224. The summed E-state index contributed by atoms with van der Waals surface area (Å²) in [7, 11) is -2.74. The van der Waals surface area contributed by atoms with Crippen molar-refractivity contribution in [1.29, 1.82) is 0 Å². The van der Waals surface area contributed by atoms with Crippen LogP contribution in [0.4, 0.5) is 5.69 Å². The number of aliphatic hydroxyl groups excluding tert-OH is 1. The molecule has 2 aromatic rings. The molecule has 1 spiro atoms. The maximum Gasteiger partial charge on any atom is 0.264 e. The molecule has 40 heavy (non-hydrogen) atoms. The van der Waals surface area contributed by atoms with Crippen LogP contribution < -0.4 is 4.90 Å². The summed E-state index contributed by atoms with van der Waals surface area (Å²) >= 11 is 3.62. The minimum Gasteiger partial charge on any atom is -0.432 e. The summed E-state index contributed by atoms with van der Waals surface area (Å²) in [6.07, 6.45) is 8.89. The first-order valence-electron chi connectivity index (χ1n) is 14.2. The Labute approximate surface area is 247 Å². The van der Waals surface area contributed by atoms with Crippen LogP contribution in [0.2, 0.25) is 18.6 Å². The van der Waals surface area contributed by atoms with Gasteiger partial charge in [0.15, 0.2) is 13.9 Å². The summed E-state index contributed by atoms with van der Waals surface area (Å²) in [6, 6.07) is 5.98. The second-order valence-electron chi connectivity index (χ2n) is 12.0. The fraction of sp³-hybridized carbons (Fsp3) is 0.567. The Kier molecular flexibility index (Phi) is 9.56. The lowest BCUT2D eigenvalue weighted by Gasteiger charge is -2.32. The van der Waals surface area contributed by atoms with Gasteiger partial charge in [-0.25, -0.2) is 0 Å². The van der Waals surface area contributed by atoms with Crippen molar-refractivity contribution in [1.82, 2.24) is 15.0 Å². The molecule has 1 aromatic heterocycles. The van der Waals surface area contributed by atoms with Crippen molar-refractivity contribution >= 4 is 35.8 Å². The topological polar surface area (TPSA) is 101 Å². The number of anilines is 1. The van der Waals surface area contributed by atoms with Crippen LogP contribution in [-0.4, -0.2) is 58.4 Å². The Morgan fingerprint density at radius 2 is 2.00 bits per heavy atom. The molecule has 0 unspecified atom stereocenters. The van der Waals surface area contributed by atoms with E-state index in [1.165, 1.54) is 11.1 Å². The molecule has 218 valence electrons. The van der Waals surface area contributed by atoms with Crippen molar-refractivity contribution in [3.8, 4) is 0 Å². The monoisotopic (exact) mass is 630 g/mol. The molecule has 8 nitrogen and oxygen atoms in total. The molecule has 2 aliphatic rings. The number of aryl methyl sites for hydroxylation is 1. The van der Waals surface area contributed by atoms with Crippen LogP contribution in [0.1, 0.15) is 58.2 Å². The van der Waals surface area contributed by atoms with E-state index in [1.54, 1.807) is 4.68 Å². The standard InChI is InChI=1S/C30H43BrN4O4Si/c1-20(2)8-7-9-21(3)12-16-35-26-11-10-23(31)18-25(26)30(29(35)37)22(4)28(40(5,6)38)27(39-30)13-15-34-19-24(14-17-36)32-33-34/h8,10-12,18-19,22,27-28,36,38H,7,9,13-17H2,1-6H3/b21-12+/t22-,27+,28-,30+/m0/s1. The molecule has 3 heterocycles. The lowest BCUT2D eigenvalue weighted by Crippen LogP contribution is -2.46. The zero-order valence-corrected chi connectivity index (χ0v) is 27.1. The van der Waals surface area contributed by atoms with Gasteiger partial charge in [-0.2, -0.15) is 0 Å². The Hall–Kier alpha value is -2.11. The summed E-state index contributed by atoms with van der Waals surface area (Å²) in [5.41, 5.74) is 3.73. The van der Waals surface area contributed by atoms with Crippen molar-refractivity contribution < 1.29 is 19.4 Å². The summed E-state index contributed by atoms with van der Waals surface area (Å²) in [6.45, 7) is 13.3. The number of hydrogen-bond acceptors (Lipinski definition) is 6. The number of allylic oxidation sites excluding steroid dienone is 3. The lowest BCUT2D eigenvalue weighted by atomic mass is 9.82. The van der Waals surface area contributed by atoms with E-state index in [9.17, 15) is 14.7 Å². The van der Waals surface area contributed by atoms with Crippen LogP contribution in [0, 0.1) is 5.92 Å². The normalized spacial score (nSPS) is 24.7. The maximum absolute atomic E-state index is 14.4. The van der Waals surface area contributed by atoms with E-state index in [1.807, 2.05) is 42.4 Å². The first-order chi connectivity index (χ1) is 18.9. The fourth-order valence-electron chi connectivity index (χ4n) is 6.37. The molecule has 10 heteroatoms. The summed E-state index contributed by atoms with van der Waals surface area (Å²) in [5.74, 6) is -0.267. The number of rotatable bonds is 11. The first-order valence-corrected chi connectivity index (χ1v) is 18.0. The molecule has 4 rings (SSSR count). The number of amides is 1. The number of ether oxygens (including phenoxy) is 1. The van der Waals surface area contributed by atoms with Crippen molar-refractivity contribution in [2.75, 3.05) is 18.1 Å². The highest BCUT2D eigenvalue weighted by molar-refractivity contribution is 9.10. The molecular weight excluding hydrogens is 588 g/mol. The van der Waals surface area contributed by atoms with Crippen LogP contribution in [0.15, 0.2) is 52.2 Å². The Morgan fingerprint density at radius 1 is 1.25 bits per heavy atom. The Morgan fingerprint density at radius 3 is 2.67 bits per heavy atom. The SMILES string of the molecule is CC(C)=CCC/C(C)=C/CN1C(=O)[C@]2(O[C@H](CCn3cc(CCO)nn3)[C@@H]([Si](C)(C)O)[C@@H]2C)c2cc(Br)ccc21. The van der Waals surface area contributed by atoms with Gasteiger partial charge in [0.1, 0.15) is 0 Å². The van der Waals surface area contributed by atoms with E-state index >= 15 is 0 Å². The maximum atomic E-state index is 14.4. The van der Waals surface area contributed by atoms with Gasteiger partial charge in [-0.3, -0.25) is 9.48 Å². The van der Waals surface area contributed by atoms with Gasteiger partial charge >= 0.3 is 0 Å². The van der Waals surface area contributed by atoms with E-state index in [0.29, 0.717) is 25.9 Å². The molecule has 0 saturated carbocycles. The molecule has 2 N–H and O–H groups in total. The average molecular weight is 632 g/mol. The number of carbonyl (C=O) groups is 1. The van der Waals surface area contributed by atoms with Gasteiger partial charge in [-0.05, 0) is 71.3 Å². The highest BCUT2D eigenvalue weighted by Gasteiger charge is 2.66. The fourth-order valence-corrected chi connectivity index (χ4v) is 9.34. The number of fused-ring (bicyclic) bond motifs is 2. The summed E-state index contributed by atoms with van der Waals surface area (Å²) < 4.78 is 9.54. The third-order valence-electron chi connectivity index (χ3n) is 8.26. The van der Waals surface area contributed by atoms with Gasteiger partial charge in [0.2, 0.25) is 0 Å².